The Morgan fingerprint density at radius 3 is 2.80 bits per heavy atom. The van der Waals surface area contributed by atoms with E-state index < -0.39 is 0 Å². The smallest absolute Gasteiger partial charge is 0.223 e. The van der Waals surface area contributed by atoms with Crippen molar-refractivity contribution in [3.63, 3.8) is 0 Å². The molecule has 0 N–H and O–H groups in total. The highest BCUT2D eigenvalue weighted by atomic mass is 16.5. The first-order valence-electron chi connectivity index (χ1n) is 8.84. The quantitative estimate of drug-likeness (QED) is 0.844. The Kier molecular flexibility index (Phi) is 3.91. The van der Waals surface area contributed by atoms with Gasteiger partial charge in [-0.05, 0) is 26.8 Å². The molecule has 7 nitrogen and oxygen atoms in total. The van der Waals surface area contributed by atoms with Crippen molar-refractivity contribution in [3.05, 3.63) is 35.0 Å². The molecule has 7 heteroatoms. The van der Waals surface area contributed by atoms with E-state index in [4.69, 9.17) is 4.52 Å². The molecule has 4 rings (SSSR count). The van der Waals surface area contributed by atoms with Gasteiger partial charge in [0.15, 0.2) is 0 Å². The molecular weight excluding hydrogens is 318 g/mol. The molecule has 2 saturated heterocycles. The lowest BCUT2D eigenvalue weighted by atomic mass is 9.86. The monoisotopic (exact) mass is 343 g/mol. The maximum Gasteiger partial charge on any atom is 0.223 e. The van der Waals surface area contributed by atoms with E-state index >= 15 is 0 Å². The molecule has 1 atom stereocenters. The second-order valence-corrected chi connectivity index (χ2v) is 7.71. The third-order valence-electron chi connectivity index (χ3n) is 5.62. The summed E-state index contributed by atoms with van der Waals surface area (Å²) in [6.45, 7) is 8.23. The summed E-state index contributed by atoms with van der Waals surface area (Å²) in [5, 5.41) is 8.25. The molecule has 0 radical (unpaired) electrons. The van der Waals surface area contributed by atoms with Gasteiger partial charge in [0, 0.05) is 55.8 Å². The zero-order valence-electron chi connectivity index (χ0n) is 15.2. The van der Waals surface area contributed by atoms with Gasteiger partial charge < -0.3 is 9.42 Å². The Hall–Kier alpha value is -2.15. The van der Waals surface area contributed by atoms with Crippen LogP contribution < -0.4 is 0 Å². The third kappa shape index (κ3) is 3.08. The van der Waals surface area contributed by atoms with Gasteiger partial charge in [-0.2, -0.15) is 5.10 Å². The number of amides is 1. The number of rotatable bonds is 4. The zero-order chi connectivity index (χ0) is 17.6. The predicted octanol–water partition coefficient (Wildman–Crippen LogP) is 1.65. The minimum atomic E-state index is 0.0955. The van der Waals surface area contributed by atoms with Crippen LogP contribution in [0, 0.1) is 19.3 Å². The zero-order valence-corrected chi connectivity index (χ0v) is 15.2. The summed E-state index contributed by atoms with van der Waals surface area (Å²) in [7, 11) is 1.94. The van der Waals surface area contributed by atoms with Gasteiger partial charge in [-0.3, -0.25) is 14.4 Å². The molecule has 1 amide bonds. The van der Waals surface area contributed by atoms with Gasteiger partial charge in [0.2, 0.25) is 5.91 Å². The van der Waals surface area contributed by atoms with Crippen molar-refractivity contribution in [2.45, 2.75) is 39.8 Å². The summed E-state index contributed by atoms with van der Waals surface area (Å²) in [6.07, 6.45) is 5.72. The summed E-state index contributed by atoms with van der Waals surface area (Å²) in [5.41, 5.74) is 3.26. The second kappa shape index (κ2) is 5.98. The van der Waals surface area contributed by atoms with Crippen LogP contribution in [0.4, 0.5) is 0 Å². The molecule has 2 fully saturated rings. The van der Waals surface area contributed by atoms with Gasteiger partial charge in [0.25, 0.3) is 0 Å². The number of likely N-dealkylation sites (tertiary alicyclic amines) is 2. The number of carbonyl (C=O) groups excluding carboxylic acids is 1. The molecule has 0 saturated carbocycles. The Balaban J connectivity index is 1.41. The van der Waals surface area contributed by atoms with E-state index in [0.29, 0.717) is 13.0 Å². The maximum absolute atomic E-state index is 12.6. The van der Waals surface area contributed by atoms with Crippen LogP contribution in [-0.2, 0) is 24.9 Å². The topological polar surface area (TPSA) is 67.4 Å². The highest BCUT2D eigenvalue weighted by Crippen LogP contribution is 2.41. The molecule has 2 aliphatic rings. The fraction of sp³-hybridized carbons (Fsp3) is 0.611. The number of carbonyl (C=O) groups is 1. The van der Waals surface area contributed by atoms with E-state index in [1.54, 1.807) is 0 Å². The van der Waals surface area contributed by atoms with Gasteiger partial charge in [0.1, 0.15) is 5.76 Å². The third-order valence-corrected chi connectivity index (χ3v) is 5.62. The van der Waals surface area contributed by atoms with Gasteiger partial charge in [-0.1, -0.05) is 5.16 Å². The van der Waals surface area contributed by atoms with Crippen molar-refractivity contribution in [2.75, 3.05) is 19.6 Å². The fourth-order valence-corrected chi connectivity index (χ4v) is 4.29. The average Bonchev–Trinajstić information content (AvgIpc) is 3.29. The van der Waals surface area contributed by atoms with Crippen molar-refractivity contribution in [3.8, 4) is 0 Å². The largest absolute Gasteiger partial charge is 0.361 e. The molecule has 0 unspecified atom stereocenters. The van der Waals surface area contributed by atoms with Crippen LogP contribution >= 0.6 is 0 Å². The van der Waals surface area contributed by atoms with Crippen LogP contribution in [0.15, 0.2) is 16.9 Å². The molecule has 2 aromatic heterocycles. The van der Waals surface area contributed by atoms with Crippen molar-refractivity contribution in [1.82, 2.24) is 24.7 Å². The number of aryl methyl sites for hydroxylation is 3. The Labute approximate surface area is 147 Å². The summed E-state index contributed by atoms with van der Waals surface area (Å²) in [4.78, 5) is 17.0. The predicted molar refractivity (Wildman–Crippen MR) is 91.5 cm³/mol. The Bertz CT molecular complexity index is 776. The van der Waals surface area contributed by atoms with E-state index in [1.807, 2.05) is 36.7 Å². The van der Waals surface area contributed by atoms with E-state index in [0.717, 1.165) is 49.6 Å². The summed E-state index contributed by atoms with van der Waals surface area (Å²) >= 11 is 0. The first-order chi connectivity index (χ1) is 11.9. The molecule has 0 aliphatic carbocycles. The minimum absolute atomic E-state index is 0.0955. The van der Waals surface area contributed by atoms with E-state index in [9.17, 15) is 4.79 Å². The summed E-state index contributed by atoms with van der Waals surface area (Å²) < 4.78 is 7.08. The molecule has 1 spiro atoms. The van der Waals surface area contributed by atoms with Crippen LogP contribution in [0.2, 0.25) is 0 Å². The minimum Gasteiger partial charge on any atom is -0.361 e. The van der Waals surface area contributed by atoms with Gasteiger partial charge in [0.05, 0.1) is 18.4 Å². The van der Waals surface area contributed by atoms with Gasteiger partial charge >= 0.3 is 0 Å². The second-order valence-electron chi connectivity index (χ2n) is 7.71. The Morgan fingerprint density at radius 2 is 2.12 bits per heavy atom. The molecular formula is C18H25N5O2. The molecule has 0 bridgehead atoms. The lowest BCUT2D eigenvalue weighted by Crippen LogP contribution is -2.31. The number of hydrogen-bond donors (Lipinski definition) is 0. The molecule has 134 valence electrons. The van der Waals surface area contributed by atoms with Crippen LogP contribution in [0.1, 0.15) is 35.4 Å². The van der Waals surface area contributed by atoms with Crippen LogP contribution in [0.3, 0.4) is 0 Å². The highest BCUT2D eigenvalue weighted by molar-refractivity contribution is 5.79. The molecule has 2 aromatic rings. The lowest BCUT2D eigenvalue weighted by molar-refractivity contribution is -0.128. The Morgan fingerprint density at radius 1 is 1.28 bits per heavy atom. The summed E-state index contributed by atoms with van der Waals surface area (Å²) in [5.74, 6) is 1.07. The molecule has 0 aromatic carbocycles. The summed E-state index contributed by atoms with van der Waals surface area (Å²) in [6, 6.07) is 0. The van der Waals surface area contributed by atoms with Crippen molar-refractivity contribution < 1.29 is 9.32 Å². The molecule has 2 aliphatic heterocycles. The first-order valence-corrected chi connectivity index (χ1v) is 8.84. The van der Waals surface area contributed by atoms with Crippen molar-refractivity contribution in [2.24, 2.45) is 12.5 Å². The van der Waals surface area contributed by atoms with E-state index in [2.05, 4.69) is 21.4 Å². The van der Waals surface area contributed by atoms with Crippen LogP contribution in [-0.4, -0.2) is 50.3 Å². The number of aromatic nitrogens is 3. The van der Waals surface area contributed by atoms with E-state index in [1.165, 1.54) is 5.56 Å². The average molecular weight is 343 g/mol. The molecule has 25 heavy (non-hydrogen) atoms. The van der Waals surface area contributed by atoms with Crippen LogP contribution in [0.25, 0.3) is 0 Å². The van der Waals surface area contributed by atoms with Crippen molar-refractivity contribution >= 4 is 5.91 Å². The number of nitrogens with zero attached hydrogens (tertiary/aromatic N) is 5. The first kappa shape index (κ1) is 16.3. The molecule has 4 heterocycles. The highest BCUT2D eigenvalue weighted by Gasteiger charge is 2.47. The van der Waals surface area contributed by atoms with Gasteiger partial charge in [-0.25, -0.2) is 0 Å². The fourth-order valence-electron chi connectivity index (χ4n) is 4.29. The number of hydrogen-bond acceptors (Lipinski definition) is 5. The maximum atomic E-state index is 12.6. The standard InChI is InChI=1S/C18H25N5O2/c1-13-16(14(2)25-20-13)10-23-12-18(6-17(23)24)4-5-22(11-18)9-15-7-19-21(3)8-15/h7-8H,4-6,9-12H2,1-3H3/t18-/m1/s1. The van der Waals surface area contributed by atoms with E-state index in [-0.39, 0.29) is 11.3 Å². The van der Waals surface area contributed by atoms with Crippen LogP contribution in [0.5, 0.6) is 0 Å². The van der Waals surface area contributed by atoms with Crippen molar-refractivity contribution in [1.29, 1.82) is 0 Å². The van der Waals surface area contributed by atoms with Gasteiger partial charge in [-0.15, -0.1) is 0 Å². The lowest BCUT2D eigenvalue weighted by Gasteiger charge is -2.24. The normalized spacial score (nSPS) is 24.1. The SMILES string of the molecule is Cc1noc(C)c1CN1C[C@]2(CCN(Cc3cnn(C)c3)C2)CC1=O.